The second kappa shape index (κ2) is 11.7. The zero-order valence-corrected chi connectivity index (χ0v) is 20.0. The van der Waals surface area contributed by atoms with E-state index in [1.54, 1.807) is 14.2 Å². The highest BCUT2D eigenvalue weighted by Crippen LogP contribution is 2.24. The van der Waals surface area contributed by atoms with Crippen molar-refractivity contribution < 1.29 is 9.47 Å². The number of aryl methyl sites for hydroxylation is 1. The fourth-order valence-corrected chi connectivity index (χ4v) is 3.78. The van der Waals surface area contributed by atoms with Crippen LogP contribution in [0.25, 0.3) is 0 Å². The van der Waals surface area contributed by atoms with Crippen LogP contribution in [-0.2, 0) is 20.1 Å². The molecule has 1 aromatic carbocycles. The summed E-state index contributed by atoms with van der Waals surface area (Å²) in [6.45, 7) is 8.39. The Morgan fingerprint density at radius 1 is 1.19 bits per heavy atom. The highest BCUT2D eigenvalue weighted by atomic mass is 16.5. The number of hydrogen-bond acceptors (Lipinski definition) is 6. The van der Waals surface area contributed by atoms with Gasteiger partial charge in [0.1, 0.15) is 23.9 Å². The van der Waals surface area contributed by atoms with E-state index in [1.807, 2.05) is 24.6 Å². The third-order valence-electron chi connectivity index (χ3n) is 5.81. The van der Waals surface area contributed by atoms with Crippen molar-refractivity contribution in [2.45, 2.75) is 52.2 Å². The number of aromatic nitrogens is 3. The maximum absolute atomic E-state index is 5.41. The van der Waals surface area contributed by atoms with E-state index in [2.05, 4.69) is 44.8 Å². The largest absolute Gasteiger partial charge is 0.497 e. The summed E-state index contributed by atoms with van der Waals surface area (Å²) in [5.41, 5.74) is 1.19. The second-order valence-electron chi connectivity index (χ2n) is 8.25. The average Bonchev–Trinajstić information content (AvgIpc) is 3.37. The van der Waals surface area contributed by atoms with Gasteiger partial charge in [0.2, 0.25) is 0 Å². The van der Waals surface area contributed by atoms with Gasteiger partial charge in [0, 0.05) is 45.3 Å². The lowest BCUT2D eigenvalue weighted by atomic mass is 10.2. The summed E-state index contributed by atoms with van der Waals surface area (Å²) < 4.78 is 12.8. The molecule has 0 amide bonds. The molecular formula is C23H37N7O2. The molecule has 0 radical (unpaired) electrons. The van der Waals surface area contributed by atoms with Crippen molar-refractivity contribution in [3.8, 4) is 11.5 Å². The molecule has 9 heteroatoms. The van der Waals surface area contributed by atoms with E-state index in [0.717, 1.165) is 74.5 Å². The molecule has 0 aliphatic carbocycles. The summed E-state index contributed by atoms with van der Waals surface area (Å²) in [6, 6.07) is 6.40. The number of benzene rings is 1. The smallest absolute Gasteiger partial charge is 0.191 e. The number of nitrogens with one attached hydrogen (secondary N) is 2. The highest BCUT2D eigenvalue weighted by molar-refractivity contribution is 5.80. The minimum Gasteiger partial charge on any atom is -0.497 e. The van der Waals surface area contributed by atoms with Crippen LogP contribution in [0.3, 0.4) is 0 Å². The Bertz CT molecular complexity index is 874. The molecule has 1 saturated heterocycles. The van der Waals surface area contributed by atoms with E-state index in [0.29, 0.717) is 12.6 Å². The lowest BCUT2D eigenvalue weighted by Gasteiger charge is -2.20. The van der Waals surface area contributed by atoms with Crippen LogP contribution in [0.15, 0.2) is 23.2 Å². The maximum Gasteiger partial charge on any atom is 0.191 e. The lowest BCUT2D eigenvalue weighted by Crippen LogP contribution is -2.45. The normalized spacial score (nSPS) is 16.9. The number of rotatable bonds is 10. The van der Waals surface area contributed by atoms with Gasteiger partial charge in [-0.1, -0.05) is 13.3 Å². The number of hydrogen-bond donors (Lipinski definition) is 2. The first kappa shape index (κ1) is 23.8. The lowest BCUT2D eigenvalue weighted by molar-refractivity contribution is 0.321. The Labute approximate surface area is 191 Å². The molecule has 1 unspecified atom stereocenters. The number of likely N-dealkylation sites (tertiary alicyclic amines) is 1. The van der Waals surface area contributed by atoms with Gasteiger partial charge in [-0.2, -0.15) is 0 Å². The van der Waals surface area contributed by atoms with Crippen molar-refractivity contribution in [1.29, 1.82) is 0 Å². The van der Waals surface area contributed by atoms with Crippen molar-refractivity contribution >= 4 is 5.96 Å². The van der Waals surface area contributed by atoms with Crippen LogP contribution < -0.4 is 20.1 Å². The van der Waals surface area contributed by atoms with Crippen LogP contribution in [-0.4, -0.2) is 65.5 Å². The molecular weight excluding hydrogens is 406 g/mol. The molecule has 2 heterocycles. The number of unbranched alkanes of at least 4 members (excludes halogenated alkanes) is 1. The van der Waals surface area contributed by atoms with Crippen molar-refractivity contribution in [2.24, 2.45) is 12.0 Å². The standard InChI is InChI=1S/C23H37N7O2/c1-6-7-9-24-23(25-14-22-28-27-17(2)29(22)3)26-19-8-10-30(16-19)15-18-11-20(31-4)13-21(12-18)32-5/h11-13,19H,6-10,14-16H2,1-5H3,(H2,24,25,26). The summed E-state index contributed by atoms with van der Waals surface area (Å²) in [4.78, 5) is 7.22. The third-order valence-corrected chi connectivity index (χ3v) is 5.81. The fourth-order valence-electron chi connectivity index (χ4n) is 3.78. The molecule has 1 aromatic heterocycles. The number of guanidine groups is 1. The first-order valence-electron chi connectivity index (χ1n) is 11.4. The van der Waals surface area contributed by atoms with Crippen molar-refractivity contribution in [2.75, 3.05) is 33.9 Å². The topological polar surface area (TPSA) is 88.8 Å². The van der Waals surface area contributed by atoms with Crippen molar-refractivity contribution in [1.82, 2.24) is 30.3 Å². The van der Waals surface area contributed by atoms with Gasteiger partial charge in [-0.15, -0.1) is 10.2 Å². The Kier molecular flexibility index (Phi) is 8.72. The number of aliphatic imine (C=N–C) groups is 1. The molecule has 0 saturated carbocycles. The summed E-state index contributed by atoms with van der Waals surface area (Å²) in [6.07, 6.45) is 3.32. The summed E-state index contributed by atoms with van der Waals surface area (Å²) in [5, 5.41) is 15.4. The Morgan fingerprint density at radius 3 is 2.56 bits per heavy atom. The van der Waals surface area contributed by atoms with Crippen LogP contribution in [0.4, 0.5) is 0 Å². The zero-order chi connectivity index (χ0) is 22.9. The number of nitrogens with zero attached hydrogens (tertiary/aromatic N) is 5. The van der Waals surface area contributed by atoms with Crippen LogP contribution in [0, 0.1) is 6.92 Å². The summed E-state index contributed by atoms with van der Waals surface area (Å²) in [7, 11) is 5.34. The summed E-state index contributed by atoms with van der Waals surface area (Å²) >= 11 is 0. The van der Waals surface area contributed by atoms with Gasteiger partial charge in [0.15, 0.2) is 11.8 Å². The Hall–Kier alpha value is -2.81. The molecule has 1 aliphatic rings. The van der Waals surface area contributed by atoms with Crippen LogP contribution in [0.2, 0.25) is 0 Å². The first-order valence-corrected chi connectivity index (χ1v) is 11.4. The monoisotopic (exact) mass is 443 g/mol. The molecule has 32 heavy (non-hydrogen) atoms. The van der Waals surface area contributed by atoms with Crippen molar-refractivity contribution in [3.05, 3.63) is 35.4 Å². The molecule has 3 rings (SSSR count). The minimum absolute atomic E-state index is 0.344. The van der Waals surface area contributed by atoms with E-state index >= 15 is 0 Å². The van der Waals surface area contributed by atoms with Crippen LogP contribution in [0.5, 0.6) is 11.5 Å². The number of methoxy groups -OCH3 is 2. The van der Waals surface area contributed by atoms with Gasteiger partial charge >= 0.3 is 0 Å². The molecule has 0 spiro atoms. The van der Waals surface area contributed by atoms with E-state index < -0.39 is 0 Å². The van der Waals surface area contributed by atoms with Crippen LogP contribution >= 0.6 is 0 Å². The first-order chi connectivity index (χ1) is 15.5. The van der Waals surface area contributed by atoms with Gasteiger partial charge in [-0.3, -0.25) is 4.90 Å². The second-order valence-corrected chi connectivity index (χ2v) is 8.25. The van der Waals surface area contributed by atoms with E-state index in [9.17, 15) is 0 Å². The molecule has 2 N–H and O–H groups in total. The molecule has 0 bridgehead atoms. The quantitative estimate of drug-likeness (QED) is 0.331. The fraction of sp³-hybridized carbons (Fsp3) is 0.609. The minimum atomic E-state index is 0.344. The molecule has 1 aliphatic heterocycles. The SMILES string of the molecule is CCCCNC(=NCc1nnc(C)n1C)NC1CCN(Cc2cc(OC)cc(OC)c2)C1. The van der Waals surface area contributed by atoms with Gasteiger partial charge in [0.05, 0.1) is 14.2 Å². The van der Waals surface area contributed by atoms with E-state index in [1.165, 1.54) is 5.56 Å². The van der Waals surface area contributed by atoms with E-state index in [-0.39, 0.29) is 0 Å². The van der Waals surface area contributed by atoms with E-state index in [4.69, 9.17) is 14.5 Å². The molecule has 2 aromatic rings. The van der Waals surface area contributed by atoms with Gasteiger partial charge in [-0.25, -0.2) is 4.99 Å². The zero-order valence-electron chi connectivity index (χ0n) is 20.0. The maximum atomic E-state index is 5.41. The molecule has 176 valence electrons. The van der Waals surface area contributed by atoms with Crippen molar-refractivity contribution in [3.63, 3.8) is 0 Å². The van der Waals surface area contributed by atoms with Gasteiger partial charge in [0.25, 0.3) is 0 Å². The molecule has 1 fully saturated rings. The molecule has 9 nitrogen and oxygen atoms in total. The van der Waals surface area contributed by atoms with Crippen LogP contribution in [0.1, 0.15) is 43.4 Å². The highest BCUT2D eigenvalue weighted by Gasteiger charge is 2.23. The Balaban J connectivity index is 1.59. The third kappa shape index (κ3) is 6.59. The molecule has 1 atom stereocenters. The predicted molar refractivity (Wildman–Crippen MR) is 126 cm³/mol. The van der Waals surface area contributed by atoms with Gasteiger partial charge in [-0.05, 0) is 37.5 Å². The Morgan fingerprint density at radius 2 is 1.94 bits per heavy atom. The number of ether oxygens (including phenoxy) is 2. The van der Waals surface area contributed by atoms with Gasteiger partial charge < -0.3 is 24.7 Å². The summed E-state index contributed by atoms with van der Waals surface area (Å²) in [5.74, 6) is 4.24. The average molecular weight is 444 g/mol. The predicted octanol–water partition coefficient (Wildman–Crippen LogP) is 2.25.